The number of ether oxygens (including phenoxy) is 1. The van der Waals surface area contributed by atoms with E-state index in [1.807, 2.05) is 30.3 Å². The van der Waals surface area contributed by atoms with Gasteiger partial charge >= 0.3 is 6.09 Å². The maximum absolute atomic E-state index is 12.2. The molecule has 1 amide bonds. The van der Waals surface area contributed by atoms with Gasteiger partial charge in [0.15, 0.2) is 5.82 Å². The number of aromatic nitrogens is 1. The highest BCUT2D eigenvalue weighted by atomic mass is 35.5. The van der Waals surface area contributed by atoms with Crippen molar-refractivity contribution in [1.82, 2.24) is 9.88 Å². The fourth-order valence-corrected chi connectivity index (χ4v) is 4.02. The number of hydrogen-bond acceptors (Lipinski definition) is 5. The summed E-state index contributed by atoms with van der Waals surface area (Å²) in [6, 6.07) is 9.93. The number of carbonyl (C=O) groups is 1. The second-order valence-electron chi connectivity index (χ2n) is 5.87. The normalized spacial score (nSPS) is 23.9. The van der Waals surface area contributed by atoms with E-state index in [4.69, 9.17) is 4.74 Å². The lowest BCUT2D eigenvalue weighted by Gasteiger charge is -2.25. The molecule has 2 aromatic rings. The summed E-state index contributed by atoms with van der Waals surface area (Å²) in [5, 5.41) is 2.81. The Kier molecular flexibility index (Phi) is 6.09. The number of nitrogens with one attached hydrogen (secondary N) is 1. The molecule has 0 radical (unpaired) electrons. The van der Waals surface area contributed by atoms with E-state index in [0.29, 0.717) is 5.82 Å². The Hall–Kier alpha value is -1.34. The molecule has 2 aliphatic rings. The van der Waals surface area contributed by atoms with Crippen molar-refractivity contribution >= 4 is 48.1 Å². The van der Waals surface area contributed by atoms with Crippen LogP contribution in [-0.4, -0.2) is 41.2 Å². The number of anilines is 1. The molecule has 2 fully saturated rings. The number of amides is 1. The zero-order valence-electron chi connectivity index (χ0n) is 12.9. The Morgan fingerprint density at radius 3 is 2.54 bits per heavy atom. The molecular weight excluding hydrogens is 369 g/mol. The van der Waals surface area contributed by atoms with Crippen LogP contribution in [0.4, 0.5) is 10.6 Å². The van der Waals surface area contributed by atoms with Crippen LogP contribution in [0.2, 0.25) is 0 Å². The molecule has 0 spiro atoms. The minimum atomic E-state index is -0.396. The first-order valence-corrected chi connectivity index (χ1v) is 8.33. The van der Waals surface area contributed by atoms with E-state index in [2.05, 4.69) is 15.2 Å². The zero-order chi connectivity index (χ0) is 15.0. The Bertz CT molecular complexity index is 688. The summed E-state index contributed by atoms with van der Waals surface area (Å²) in [6.45, 7) is 2.92. The van der Waals surface area contributed by atoms with Crippen LogP contribution in [0.15, 0.2) is 35.8 Å². The highest BCUT2D eigenvalue weighted by molar-refractivity contribution is 7.13. The maximum Gasteiger partial charge on any atom is 0.413 e. The third kappa shape index (κ3) is 3.67. The molecule has 0 atom stereocenters. The predicted molar refractivity (Wildman–Crippen MR) is 101 cm³/mol. The largest absolute Gasteiger partial charge is 0.441 e. The number of fused-ring (bicyclic) bond motifs is 2. The number of benzene rings is 1. The summed E-state index contributed by atoms with van der Waals surface area (Å²) in [7, 11) is 0. The molecule has 2 aliphatic heterocycles. The van der Waals surface area contributed by atoms with Gasteiger partial charge in [-0.25, -0.2) is 9.78 Å². The number of piperidine rings is 1. The fourth-order valence-electron chi connectivity index (χ4n) is 3.27. The molecule has 2 saturated heterocycles. The lowest BCUT2D eigenvalue weighted by atomic mass is 10.00. The molecule has 2 bridgehead atoms. The van der Waals surface area contributed by atoms with E-state index < -0.39 is 6.09 Å². The zero-order valence-corrected chi connectivity index (χ0v) is 15.4. The summed E-state index contributed by atoms with van der Waals surface area (Å²) in [5.41, 5.74) is 2.50. The van der Waals surface area contributed by atoms with Crippen LogP contribution < -0.4 is 5.32 Å². The van der Waals surface area contributed by atoms with Crippen LogP contribution in [0, 0.1) is 0 Å². The number of carbonyl (C=O) groups excluding carboxylic acids is 1. The first-order valence-electron chi connectivity index (χ1n) is 7.45. The summed E-state index contributed by atoms with van der Waals surface area (Å²) < 4.78 is 5.73. The smallest absolute Gasteiger partial charge is 0.413 e. The monoisotopic (exact) mass is 387 g/mol. The summed E-state index contributed by atoms with van der Waals surface area (Å²) in [5.74, 6) is 0.574. The molecule has 0 unspecified atom stereocenters. The van der Waals surface area contributed by atoms with Gasteiger partial charge < -0.3 is 4.74 Å². The molecule has 24 heavy (non-hydrogen) atoms. The fraction of sp³-hybridized carbons (Fsp3) is 0.375. The van der Waals surface area contributed by atoms with Crippen LogP contribution >= 0.6 is 36.2 Å². The Morgan fingerprint density at radius 2 is 1.92 bits per heavy atom. The van der Waals surface area contributed by atoms with Gasteiger partial charge in [0.1, 0.15) is 5.60 Å². The molecule has 0 aliphatic carbocycles. The minimum absolute atomic E-state index is 0. The molecule has 8 heteroatoms. The van der Waals surface area contributed by atoms with Gasteiger partial charge in [-0.1, -0.05) is 30.3 Å². The molecule has 3 heterocycles. The Morgan fingerprint density at radius 1 is 1.21 bits per heavy atom. The van der Waals surface area contributed by atoms with E-state index in [-0.39, 0.29) is 30.4 Å². The number of nitrogens with zero attached hydrogens (tertiary/aromatic N) is 2. The van der Waals surface area contributed by atoms with Crippen molar-refractivity contribution in [1.29, 1.82) is 0 Å². The lowest BCUT2D eigenvalue weighted by molar-refractivity contribution is 0.0403. The van der Waals surface area contributed by atoms with E-state index in [1.54, 1.807) is 5.51 Å². The SMILES string of the molecule is Cl.Cl.O=C(Nc1ncsc1-c1ccccc1)OC12CCN(CC1)C2. The van der Waals surface area contributed by atoms with Crippen LogP contribution in [0.3, 0.4) is 0 Å². The van der Waals surface area contributed by atoms with Gasteiger partial charge in [0, 0.05) is 32.5 Å². The maximum atomic E-state index is 12.2. The van der Waals surface area contributed by atoms with E-state index in [9.17, 15) is 4.79 Å². The van der Waals surface area contributed by atoms with Gasteiger partial charge in [-0.3, -0.25) is 10.2 Å². The third-order valence-electron chi connectivity index (χ3n) is 4.41. The van der Waals surface area contributed by atoms with Gasteiger partial charge in [0.05, 0.1) is 10.4 Å². The standard InChI is InChI=1S/C16H17N3O2S.2ClH/c20-15(21-16-6-8-19(10-16)9-7-16)18-14-13(22-11-17-14)12-4-2-1-3-5-12;;/h1-5,11H,6-10H2,(H,18,20);2*1H. The highest BCUT2D eigenvalue weighted by Crippen LogP contribution is 2.36. The van der Waals surface area contributed by atoms with E-state index in [0.717, 1.165) is 42.9 Å². The predicted octanol–water partition coefficient (Wildman–Crippen LogP) is 4.05. The molecule has 1 N–H and O–H groups in total. The van der Waals surface area contributed by atoms with Crippen molar-refractivity contribution in [3.8, 4) is 10.4 Å². The molecule has 0 saturated carbocycles. The minimum Gasteiger partial charge on any atom is -0.441 e. The van der Waals surface area contributed by atoms with Gasteiger partial charge in [0.2, 0.25) is 0 Å². The van der Waals surface area contributed by atoms with Crippen molar-refractivity contribution < 1.29 is 9.53 Å². The topological polar surface area (TPSA) is 54.5 Å². The first kappa shape index (κ1) is 19.0. The van der Waals surface area contributed by atoms with Crippen LogP contribution in [0.5, 0.6) is 0 Å². The third-order valence-corrected chi connectivity index (χ3v) is 5.29. The Balaban J connectivity index is 0.00000104. The number of rotatable bonds is 3. The van der Waals surface area contributed by atoms with Crippen molar-refractivity contribution in [2.24, 2.45) is 0 Å². The van der Waals surface area contributed by atoms with Gasteiger partial charge in [0.25, 0.3) is 0 Å². The summed E-state index contributed by atoms with van der Waals surface area (Å²) in [4.78, 5) is 19.8. The van der Waals surface area contributed by atoms with Crippen molar-refractivity contribution in [3.05, 3.63) is 35.8 Å². The molecular formula is C16H19Cl2N3O2S. The molecule has 5 nitrogen and oxygen atoms in total. The van der Waals surface area contributed by atoms with Gasteiger partial charge in [-0.05, 0) is 5.56 Å². The second-order valence-corrected chi connectivity index (χ2v) is 6.72. The quantitative estimate of drug-likeness (QED) is 0.862. The average molecular weight is 388 g/mol. The van der Waals surface area contributed by atoms with Crippen molar-refractivity contribution in [3.63, 3.8) is 0 Å². The van der Waals surface area contributed by atoms with E-state index >= 15 is 0 Å². The molecule has 1 aromatic carbocycles. The van der Waals surface area contributed by atoms with Gasteiger partial charge in [-0.2, -0.15) is 0 Å². The molecule has 130 valence electrons. The van der Waals surface area contributed by atoms with Crippen molar-refractivity contribution in [2.75, 3.05) is 25.0 Å². The van der Waals surface area contributed by atoms with Crippen LogP contribution in [0.25, 0.3) is 10.4 Å². The average Bonchev–Trinajstić information content (AvgIpc) is 3.23. The highest BCUT2D eigenvalue weighted by Gasteiger charge is 2.46. The first-order chi connectivity index (χ1) is 10.7. The number of thiazole rings is 1. The summed E-state index contributed by atoms with van der Waals surface area (Å²) in [6.07, 6.45) is 1.47. The summed E-state index contributed by atoms with van der Waals surface area (Å²) >= 11 is 1.51. The second kappa shape index (κ2) is 7.70. The van der Waals surface area contributed by atoms with Crippen LogP contribution in [-0.2, 0) is 4.74 Å². The lowest BCUT2D eigenvalue weighted by Crippen LogP contribution is -2.35. The number of halogens is 2. The molecule has 4 rings (SSSR count). The van der Waals surface area contributed by atoms with Crippen LogP contribution in [0.1, 0.15) is 12.8 Å². The van der Waals surface area contributed by atoms with Crippen molar-refractivity contribution in [2.45, 2.75) is 18.4 Å². The van der Waals surface area contributed by atoms with Gasteiger partial charge in [-0.15, -0.1) is 36.2 Å². The molecule has 1 aromatic heterocycles. The Labute approximate surface area is 157 Å². The number of hydrogen-bond donors (Lipinski definition) is 1. The van der Waals surface area contributed by atoms with E-state index in [1.165, 1.54) is 11.3 Å².